The average molecular weight is 335 g/mol. The van der Waals surface area contributed by atoms with Crippen LogP contribution in [0.5, 0.6) is 0 Å². The molecule has 4 rings (SSSR count). The van der Waals surface area contributed by atoms with Crippen LogP contribution in [0.1, 0.15) is 17.9 Å². The zero-order valence-corrected chi connectivity index (χ0v) is 14.5. The van der Waals surface area contributed by atoms with Crippen LogP contribution in [0.2, 0.25) is 0 Å². The van der Waals surface area contributed by atoms with Crippen molar-refractivity contribution in [1.82, 2.24) is 29.5 Å². The molecule has 4 heterocycles. The number of nitrogens with zero attached hydrogens (tertiary/aromatic N) is 7. The quantitative estimate of drug-likeness (QED) is 0.726. The molecular weight excluding hydrogens is 314 g/mol. The molecule has 3 aromatic rings. The van der Waals surface area contributed by atoms with Crippen molar-refractivity contribution in [2.24, 2.45) is 13.0 Å². The van der Waals surface area contributed by atoms with E-state index in [4.69, 9.17) is 0 Å². The highest BCUT2D eigenvalue weighted by molar-refractivity contribution is 5.51. The molecule has 0 amide bonds. The Balaban J connectivity index is 1.41. The van der Waals surface area contributed by atoms with Crippen molar-refractivity contribution < 1.29 is 0 Å². The van der Waals surface area contributed by atoms with Gasteiger partial charge in [-0.05, 0) is 31.7 Å². The zero-order valence-electron chi connectivity index (χ0n) is 14.5. The van der Waals surface area contributed by atoms with E-state index < -0.39 is 0 Å². The second kappa shape index (κ2) is 6.58. The largest absolute Gasteiger partial charge is 0.356 e. The third-order valence-electron chi connectivity index (χ3n) is 4.65. The fourth-order valence-corrected chi connectivity index (χ4v) is 3.32. The van der Waals surface area contributed by atoms with Crippen LogP contribution in [-0.4, -0.2) is 42.6 Å². The molecule has 0 bridgehead atoms. The molecule has 25 heavy (non-hydrogen) atoms. The minimum absolute atomic E-state index is 0.576. The normalized spacial score (nSPS) is 17.2. The molecule has 0 radical (unpaired) electrons. The summed E-state index contributed by atoms with van der Waals surface area (Å²) in [6.45, 7) is 3.96. The second-order valence-electron chi connectivity index (χ2n) is 6.55. The SMILES string of the molecule is Cc1nccc(N2CC[C@@H](Cc3cnc(-c4cncn4C)cn3)C2)n1. The van der Waals surface area contributed by atoms with Gasteiger partial charge in [-0.3, -0.25) is 9.97 Å². The summed E-state index contributed by atoms with van der Waals surface area (Å²) < 4.78 is 1.95. The van der Waals surface area contributed by atoms with Crippen molar-refractivity contribution >= 4 is 5.82 Å². The van der Waals surface area contributed by atoms with Crippen molar-refractivity contribution in [2.45, 2.75) is 19.8 Å². The summed E-state index contributed by atoms with van der Waals surface area (Å²) >= 11 is 0. The Labute approximate surface area is 146 Å². The van der Waals surface area contributed by atoms with Gasteiger partial charge in [0, 0.05) is 32.5 Å². The lowest BCUT2D eigenvalue weighted by molar-refractivity contribution is 0.576. The van der Waals surface area contributed by atoms with Gasteiger partial charge in [-0.25, -0.2) is 15.0 Å². The number of imidazole rings is 1. The Morgan fingerprint density at radius 1 is 1.16 bits per heavy atom. The first-order valence-corrected chi connectivity index (χ1v) is 8.51. The Hall–Kier alpha value is -2.83. The molecular formula is C18H21N7. The van der Waals surface area contributed by atoms with E-state index in [9.17, 15) is 0 Å². The zero-order chi connectivity index (χ0) is 17.2. The molecule has 0 unspecified atom stereocenters. The van der Waals surface area contributed by atoms with Crippen molar-refractivity contribution in [3.63, 3.8) is 0 Å². The number of anilines is 1. The first-order valence-electron chi connectivity index (χ1n) is 8.51. The van der Waals surface area contributed by atoms with Gasteiger partial charge in [0.1, 0.15) is 17.3 Å². The molecule has 1 saturated heterocycles. The van der Waals surface area contributed by atoms with Crippen LogP contribution in [-0.2, 0) is 13.5 Å². The standard InChI is InChI=1S/C18H21N7/c1-13-20-5-3-18(23-13)25-6-4-14(11-25)7-15-8-22-16(9-21-15)17-10-19-12-24(17)2/h3,5,8-10,12,14H,4,6-7,11H2,1-2H3/t14-/m0/s1. The fraction of sp³-hybridized carbons (Fsp3) is 0.389. The van der Waals surface area contributed by atoms with Crippen molar-refractivity contribution in [1.29, 1.82) is 0 Å². The van der Waals surface area contributed by atoms with E-state index in [-0.39, 0.29) is 0 Å². The van der Waals surface area contributed by atoms with Crippen LogP contribution in [0.15, 0.2) is 37.2 Å². The summed E-state index contributed by atoms with van der Waals surface area (Å²) in [4.78, 5) is 24.3. The van der Waals surface area contributed by atoms with Gasteiger partial charge in [0.2, 0.25) is 0 Å². The van der Waals surface area contributed by atoms with E-state index >= 15 is 0 Å². The van der Waals surface area contributed by atoms with E-state index in [1.807, 2.05) is 49.4 Å². The van der Waals surface area contributed by atoms with E-state index in [2.05, 4.69) is 29.8 Å². The van der Waals surface area contributed by atoms with Gasteiger partial charge in [0.05, 0.1) is 30.1 Å². The number of hydrogen-bond acceptors (Lipinski definition) is 6. The molecule has 3 aromatic heterocycles. The molecule has 1 fully saturated rings. The highest BCUT2D eigenvalue weighted by Gasteiger charge is 2.24. The average Bonchev–Trinajstić information content (AvgIpc) is 3.25. The number of rotatable bonds is 4. The molecule has 0 aromatic carbocycles. The van der Waals surface area contributed by atoms with E-state index in [0.29, 0.717) is 5.92 Å². The first-order chi connectivity index (χ1) is 12.2. The molecule has 1 atom stereocenters. The van der Waals surface area contributed by atoms with Gasteiger partial charge in [-0.2, -0.15) is 0 Å². The lowest BCUT2D eigenvalue weighted by atomic mass is 10.0. The molecule has 1 aliphatic heterocycles. The van der Waals surface area contributed by atoms with Crippen molar-refractivity contribution in [2.75, 3.05) is 18.0 Å². The van der Waals surface area contributed by atoms with Crippen LogP contribution in [0, 0.1) is 12.8 Å². The van der Waals surface area contributed by atoms with Crippen molar-refractivity contribution in [3.05, 3.63) is 48.7 Å². The predicted octanol–water partition coefficient (Wildman–Crippen LogP) is 2.04. The van der Waals surface area contributed by atoms with Crippen LogP contribution in [0.25, 0.3) is 11.4 Å². The van der Waals surface area contributed by atoms with Crippen LogP contribution >= 0.6 is 0 Å². The predicted molar refractivity (Wildman–Crippen MR) is 95.0 cm³/mol. The number of hydrogen-bond donors (Lipinski definition) is 0. The van der Waals surface area contributed by atoms with Gasteiger partial charge in [-0.1, -0.05) is 0 Å². The topological polar surface area (TPSA) is 72.6 Å². The van der Waals surface area contributed by atoms with Gasteiger partial charge >= 0.3 is 0 Å². The van der Waals surface area contributed by atoms with E-state index in [0.717, 1.165) is 54.7 Å². The number of aryl methyl sites for hydroxylation is 2. The number of aromatic nitrogens is 6. The summed E-state index contributed by atoms with van der Waals surface area (Å²) in [5.41, 5.74) is 2.87. The maximum Gasteiger partial charge on any atom is 0.132 e. The first kappa shape index (κ1) is 15.7. The van der Waals surface area contributed by atoms with Gasteiger partial charge in [0.25, 0.3) is 0 Å². The van der Waals surface area contributed by atoms with E-state index in [1.165, 1.54) is 0 Å². The summed E-state index contributed by atoms with van der Waals surface area (Å²) in [7, 11) is 1.96. The smallest absolute Gasteiger partial charge is 0.132 e. The Bertz CT molecular complexity index is 856. The lowest BCUT2D eigenvalue weighted by Gasteiger charge is -2.17. The highest BCUT2D eigenvalue weighted by Crippen LogP contribution is 2.24. The monoisotopic (exact) mass is 335 g/mol. The molecule has 0 N–H and O–H groups in total. The van der Waals surface area contributed by atoms with E-state index in [1.54, 1.807) is 6.33 Å². The molecule has 0 spiro atoms. The second-order valence-corrected chi connectivity index (χ2v) is 6.55. The van der Waals surface area contributed by atoms with Crippen LogP contribution in [0.4, 0.5) is 5.82 Å². The maximum atomic E-state index is 4.60. The maximum absolute atomic E-state index is 4.60. The third-order valence-corrected chi connectivity index (χ3v) is 4.65. The summed E-state index contributed by atoms with van der Waals surface area (Å²) in [6.07, 6.45) is 11.2. The minimum Gasteiger partial charge on any atom is -0.356 e. The summed E-state index contributed by atoms with van der Waals surface area (Å²) in [6, 6.07) is 1.98. The molecule has 7 heteroatoms. The Morgan fingerprint density at radius 3 is 2.80 bits per heavy atom. The summed E-state index contributed by atoms with van der Waals surface area (Å²) in [5, 5.41) is 0. The highest BCUT2D eigenvalue weighted by atomic mass is 15.2. The molecule has 128 valence electrons. The molecule has 1 aliphatic rings. The van der Waals surface area contributed by atoms with Gasteiger partial charge in [0.15, 0.2) is 0 Å². The van der Waals surface area contributed by atoms with Gasteiger partial charge < -0.3 is 9.47 Å². The Morgan fingerprint density at radius 2 is 2.08 bits per heavy atom. The summed E-state index contributed by atoms with van der Waals surface area (Å²) in [5.74, 6) is 2.41. The Kier molecular flexibility index (Phi) is 4.13. The molecule has 0 aliphatic carbocycles. The lowest BCUT2D eigenvalue weighted by Crippen LogP contribution is -2.21. The van der Waals surface area contributed by atoms with Gasteiger partial charge in [-0.15, -0.1) is 0 Å². The van der Waals surface area contributed by atoms with Crippen LogP contribution < -0.4 is 4.90 Å². The third kappa shape index (κ3) is 3.35. The van der Waals surface area contributed by atoms with Crippen molar-refractivity contribution in [3.8, 4) is 11.4 Å². The van der Waals surface area contributed by atoms with Crippen LogP contribution in [0.3, 0.4) is 0 Å². The fourth-order valence-electron chi connectivity index (χ4n) is 3.32. The molecule has 7 nitrogen and oxygen atoms in total. The minimum atomic E-state index is 0.576. The molecule has 0 saturated carbocycles.